The number of halogens is 2. The summed E-state index contributed by atoms with van der Waals surface area (Å²) in [6.45, 7) is 7.85. The summed E-state index contributed by atoms with van der Waals surface area (Å²) in [5, 5.41) is 3.98. The van der Waals surface area contributed by atoms with Crippen LogP contribution in [-0.4, -0.2) is 25.3 Å². The van der Waals surface area contributed by atoms with Crippen LogP contribution >= 0.6 is 11.6 Å². The third kappa shape index (κ3) is 3.33. The average Bonchev–Trinajstić information content (AvgIpc) is 2.74. The van der Waals surface area contributed by atoms with Crippen LogP contribution < -0.4 is 5.32 Å². The molecule has 0 bridgehead atoms. The fourth-order valence-corrected chi connectivity index (χ4v) is 3.04. The lowest BCUT2D eigenvalue weighted by atomic mass is 9.76. The number of benzene rings is 1. The van der Waals surface area contributed by atoms with Gasteiger partial charge in [-0.3, -0.25) is 0 Å². The van der Waals surface area contributed by atoms with Crippen molar-refractivity contribution in [3.8, 4) is 0 Å². The molecule has 2 atom stereocenters. The van der Waals surface area contributed by atoms with E-state index in [1.807, 2.05) is 0 Å². The molecule has 0 amide bonds. The summed E-state index contributed by atoms with van der Waals surface area (Å²) < 4.78 is 19.8. The van der Waals surface area contributed by atoms with Gasteiger partial charge in [-0.2, -0.15) is 0 Å². The van der Waals surface area contributed by atoms with Crippen molar-refractivity contribution in [3.05, 3.63) is 34.6 Å². The van der Waals surface area contributed by atoms with E-state index < -0.39 is 0 Å². The number of rotatable bonds is 5. The van der Waals surface area contributed by atoms with Crippen molar-refractivity contribution < 1.29 is 9.13 Å². The van der Waals surface area contributed by atoms with Gasteiger partial charge in [-0.05, 0) is 31.9 Å². The van der Waals surface area contributed by atoms with Gasteiger partial charge in [-0.1, -0.05) is 31.5 Å². The second-order valence-electron chi connectivity index (χ2n) is 6.04. The molecular formula is C16H23ClFNO. The Hall–Kier alpha value is -0.640. The van der Waals surface area contributed by atoms with Crippen molar-refractivity contribution in [1.82, 2.24) is 5.32 Å². The first-order chi connectivity index (χ1) is 9.44. The van der Waals surface area contributed by atoms with Crippen LogP contribution in [0.3, 0.4) is 0 Å². The Morgan fingerprint density at radius 3 is 2.80 bits per heavy atom. The van der Waals surface area contributed by atoms with E-state index >= 15 is 0 Å². The monoisotopic (exact) mass is 299 g/mol. The minimum Gasteiger partial charge on any atom is -0.378 e. The predicted octanol–water partition coefficient (Wildman–Crippen LogP) is 3.81. The molecule has 20 heavy (non-hydrogen) atoms. The van der Waals surface area contributed by atoms with E-state index in [1.165, 1.54) is 6.07 Å². The fourth-order valence-electron chi connectivity index (χ4n) is 2.81. The molecule has 4 heteroatoms. The molecule has 1 fully saturated rings. The minimum atomic E-state index is -0.222. The average molecular weight is 300 g/mol. The number of hydrogen-bond donors (Lipinski definition) is 1. The van der Waals surface area contributed by atoms with Crippen molar-refractivity contribution in [1.29, 1.82) is 0 Å². The zero-order valence-corrected chi connectivity index (χ0v) is 13.1. The van der Waals surface area contributed by atoms with E-state index in [0.29, 0.717) is 23.0 Å². The van der Waals surface area contributed by atoms with Crippen molar-refractivity contribution >= 4 is 11.6 Å². The van der Waals surface area contributed by atoms with Gasteiger partial charge in [0.25, 0.3) is 0 Å². The summed E-state index contributed by atoms with van der Waals surface area (Å²) >= 11 is 6.18. The van der Waals surface area contributed by atoms with Crippen molar-refractivity contribution in [2.75, 3.05) is 13.2 Å². The van der Waals surface area contributed by atoms with Crippen LogP contribution in [0, 0.1) is 11.2 Å². The third-order valence-electron chi connectivity index (χ3n) is 4.28. The van der Waals surface area contributed by atoms with Crippen molar-refractivity contribution in [2.24, 2.45) is 5.41 Å². The second-order valence-corrected chi connectivity index (χ2v) is 6.45. The molecule has 2 rings (SSSR count). The molecule has 2 nitrogen and oxygen atoms in total. The normalized spacial score (nSPS) is 26.4. The van der Waals surface area contributed by atoms with Crippen LogP contribution in [0.1, 0.15) is 32.8 Å². The Kier molecular flexibility index (Phi) is 5.05. The molecule has 0 saturated carbocycles. The van der Waals surface area contributed by atoms with Gasteiger partial charge in [0.15, 0.2) is 0 Å². The summed E-state index contributed by atoms with van der Waals surface area (Å²) in [7, 11) is 0. The zero-order valence-electron chi connectivity index (χ0n) is 12.4. The second kappa shape index (κ2) is 6.42. The van der Waals surface area contributed by atoms with Gasteiger partial charge in [0, 0.05) is 35.2 Å². The molecule has 1 aliphatic heterocycles. The molecule has 2 unspecified atom stereocenters. The van der Waals surface area contributed by atoms with Gasteiger partial charge in [-0.25, -0.2) is 4.39 Å². The Morgan fingerprint density at radius 2 is 2.25 bits per heavy atom. The molecule has 1 saturated heterocycles. The zero-order chi connectivity index (χ0) is 14.8. The van der Waals surface area contributed by atoms with E-state index in [0.717, 1.165) is 19.6 Å². The molecule has 112 valence electrons. The van der Waals surface area contributed by atoms with Gasteiger partial charge in [0.2, 0.25) is 0 Å². The fraction of sp³-hybridized carbons (Fsp3) is 0.625. The Labute approximate surface area is 125 Å². The largest absolute Gasteiger partial charge is 0.378 e. The van der Waals surface area contributed by atoms with E-state index in [9.17, 15) is 4.39 Å². The Balaban J connectivity index is 2.24. The van der Waals surface area contributed by atoms with E-state index in [4.69, 9.17) is 16.3 Å². The highest BCUT2D eigenvalue weighted by molar-refractivity contribution is 6.31. The summed E-state index contributed by atoms with van der Waals surface area (Å²) in [5.74, 6) is -0.222. The summed E-state index contributed by atoms with van der Waals surface area (Å²) in [6.07, 6.45) is 1.64. The lowest BCUT2D eigenvalue weighted by Crippen LogP contribution is -2.43. The topological polar surface area (TPSA) is 21.3 Å². The first-order valence-corrected chi connectivity index (χ1v) is 7.60. The molecule has 0 spiro atoms. The van der Waals surface area contributed by atoms with Crippen molar-refractivity contribution in [2.45, 2.75) is 45.8 Å². The van der Waals surface area contributed by atoms with Crippen LogP contribution in [0.2, 0.25) is 5.02 Å². The highest BCUT2D eigenvalue weighted by Gasteiger charge is 2.42. The molecule has 1 aliphatic rings. The first-order valence-electron chi connectivity index (χ1n) is 7.22. The SMILES string of the molecule is CC(C)NCC1(Cc2c(F)cccc2Cl)CCOC1C. The van der Waals surface area contributed by atoms with Gasteiger partial charge in [0.05, 0.1) is 6.10 Å². The summed E-state index contributed by atoms with van der Waals surface area (Å²) in [6, 6.07) is 5.28. The molecule has 0 aliphatic carbocycles. The van der Waals surface area contributed by atoms with Gasteiger partial charge in [-0.15, -0.1) is 0 Å². The molecule has 1 aromatic rings. The smallest absolute Gasteiger partial charge is 0.127 e. The van der Waals surface area contributed by atoms with Crippen LogP contribution in [0.15, 0.2) is 18.2 Å². The van der Waals surface area contributed by atoms with Gasteiger partial charge in [0.1, 0.15) is 5.82 Å². The molecule has 1 aromatic carbocycles. The van der Waals surface area contributed by atoms with Crippen LogP contribution in [0.25, 0.3) is 0 Å². The highest BCUT2D eigenvalue weighted by atomic mass is 35.5. The number of nitrogens with one attached hydrogen (secondary N) is 1. The minimum absolute atomic E-state index is 0.0872. The number of hydrogen-bond acceptors (Lipinski definition) is 2. The quantitative estimate of drug-likeness (QED) is 0.892. The van der Waals surface area contributed by atoms with Gasteiger partial charge >= 0.3 is 0 Å². The molecule has 0 radical (unpaired) electrons. The van der Waals surface area contributed by atoms with Crippen LogP contribution in [0.5, 0.6) is 0 Å². The highest BCUT2D eigenvalue weighted by Crippen LogP contribution is 2.39. The van der Waals surface area contributed by atoms with E-state index in [1.54, 1.807) is 12.1 Å². The van der Waals surface area contributed by atoms with E-state index in [2.05, 4.69) is 26.1 Å². The molecule has 1 heterocycles. The predicted molar refractivity (Wildman–Crippen MR) is 80.7 cm³/mol. The molecule has 1 N–H and O–H groups in total. The Morgan fingerprint density at radius 1 is 1.50 bits per heavy atom. The van der Waals surface area contributed by atoms with Gasteiger partial charge < -0.3 is 10.1 Å². The van der Waals surface area contributed by atoms with Crippen LogP contribution in [-0.2, 0) is 11.2 Å². The maximum Gasteiger partial charge on any atom is 0.127 e. The lowest BCUT2D eigenvalue weighted by molar-refractivity contribution is 0.0617. The van der Waals surface area contributed by atoms with Crippen LogP contribution in [0.4, 0.5) is 4.39 Å². The molecular weight excluding hydrogens is 277 g/mol. The van der Waals surface area contributed by atoms with E-state index in [-0.39, 0.29) is 17.3 Å². The van der Waals surface area contributed by atoms with Crippen molar-refractivity contribution in [3.63, 3.8) is 0 Å². The first kappa shape index (κ1) is 15.7. The number of ether oxygens (including phenoxy) is 1. The lowest BCUT2D eigenvalue weighted by Gasteiger charge is -2.34. The maximum absolute atomic E-state index is 14.1. The summed E-state index contributed by atoms with van der Waals surface area (Å²) in [5.41, 5.74) is 0.521. The maximum atomic E-state index is 14.1. The Bertz CT molecular complexity index is 446. The standard InChI is InChI=1S/C16H23ClFNO/c1-11(2)19-10-16(7-8-20-12(16)3)9-13-14(17)5-4-6-15(13)18/h4-6,11-12,19H,7-10H2,1-3H3. The molecule has 0 aromatic heterocycles. The third-order valence-corrected chi connectivity index (χ3v) is 4.64. The summed E-state index contributed by atoms with van der Waals surface area (Å²) in [4.78, 5) is 0.